The van der Waals surface area contributed by atoms with Crippen LogP contribution in [0.25, 0.3) is 0 Å². The lowest BCUT2D eigenvalue weighted by atomic mass is 10.2. The molecule has 3 nitrogen and oxygen atoms in total. The minimum absolute atomic E-state index is 0.0119. The lowest BCUT2D eigenvalue weighted by molar-refractivity contribution is -0.117. The Morgan fingerprint density at radius 2 is 2.08 bits per heavy atom. The maximum atomic E-state index is 11.2. The van der Waals surface area contributed by atoms with Crippen LogP contribution in [0.1, 0.15) is 20.3 Å². The fraction of sp³-hybridized carbons (Fsp3) is 0.667. The fourth-order valence-electron chi connectivity index (χ4n) is 0.828. The Bertz CT molecular complexity index is 175. The van der Waals surface area contributed by atoms with Crippen LogP contribution in [0.3, 0.4) is 0 Å². The molecule has 0 fully saturated rings. The van der Waals surface area contributed by atoms with Gasteiger partial charge in [-0.25, -0.2) is 0 Å². The van der Waals surface area contributed by atoms with Crippen molar-refractivity contribution in [2.24, 2.45) is 0 Å². The molecule has 0 aromatic carbocycles. The summed E-state index contributed by atoms with van der Waals surface area (Å²) in [6.45, 7) is 4.94. The number of hydrogen-bond acceptors (Lipinski definition) is 2. The van der Waals surface area contributed by atoms with E-state index in [0.29, 0.717) is 0 Å². The summed E-state index contributed by atoms with van der Waals surface area (Å²) < 4.78 is 0. The first-order valence-corrected chi connectivity index (χ1v) is 4.28. The number of carbonyl (C=O) groups is 1. The topological polar surface area (TPSA) is 32.3 Å². The van der Waals surface area contributed by atoms with Crippen LogP contribution in [-0.4, -0.2) is 31.4 Å². The molecule has 12 heavy (non-hydrogen) atoms. The van der Waals surface area contributed by atoms with Crippen molar-refractivity contribution in [3.63, 3.8) is 0 Å². The third kappa shape index (κ3) is 3.42. The van der Waals surface area contributed by atoms with Gasteiger partial charge in [-0.05, 0) is 13.3 Å². The SMILES string of the molecule is CC/C(=C\N(C)CC)C(=O)NC. The molecule has 1 amide bonds. The Hall–Kier alpha value is -0.990. The second kappa shape index (κ2) is 5.63. The zero-order chi connectivity index (χ0) is 9.56. The highest BCUT2D eigenvalue weighted by Gasteiger charge is 2.04. The van der Waals surface area contributed by atoms with E-state index in [2.05, 4.69) is 5.32 Å². The van der Waals surface area contributed by atoms with Gasteiger partial charge in [0.1, 0.15) is 0 Å². The number of hydrogen-bond donors (Lipinski definition) is 1. The zero-order valence-corrected chi connectivity index (χ0v) is 8.35. The molecule has 0 aliphatic carbocycles. The van der Waals surface area contributed by atoms with Crippen molar-refractivity contribution in [1.82, 2.24) is 10.2 Å². The Balaban J connectivity index is 4.32. The van der Waals surface area contributed by atoms with E-state index >= 15 is 0 Å². The highest BCUT2D eigenvalue weighted by Crippen LogP contribution is 2.01. The first-order valence-electron chi connectivity index (χ1n) is 4.28. The number of rotatable bonds is 4. The van der Waals surface area contributed by atoms with Crippen molar-refractivity contribution in [3.8, 4) is 0 Å². The fourth-order valence-corrected chi connectivity index (χ4v) is 0.828. The minimum atomic E-state index is 0.0119. The van der Waals surface area contributed by atoms with Crippen LogP contribution in [-0.2, 0) is 4.79 Å². The van der Waals surface area contributed by atoms with Crippen LogP contribution in [0.5, 0.6) is 0 Å². The predicted octanol–water partition coefficient (Wildman–Crippen LogP) is 0.978. The number of carbonyl (C=O) groups excluding carboxylic acids is 1. The minimum Gasteiger partial charge on any atom is -0.380 e. The lowest BCUT2D eigenvalue weighted by Gasteiger charge is -2.12. The predicted molar refractivity (Wildman–Crippen MR) is 50.7 cm³/mol. The second-order valence-electron chi connectivity index (χ2n) is 2.66. The zero-order valence-electron chi connectivity index (χ0n) is 8.35. The van der Waals surface area contributed by atoms with Crippen LogP contribution < -0.4 is 5.32 Å². The van der Waals surface area contributed by atoms with E-state index in [1.165, 1.54) is 0 Å². The van der Waals surface area contributed by atoms with E-state index in [4.69, 9.17) is 0 Å². The Labute approximate surface area is 74.4 Å². The maximum absolute atomic E-state index is 11.2. The van der Waals surface area contributed by atoms with Crippen molar-refractivity contribution < 1.29 is 4.79 Å². The second-order valence-corrected chi connectivity index (χ2v) is 2.66. The maximum Gasteiger partial charge on any atom is 0.248 e. The van der Waals surface area contributed by atoms with Gasteiger partial charge >= 0.3 is 0 Å². The van der Waals surface area contributed by atoms with E-state index < -0.39 is 0 Å². The van der Waals surface area contributed by atoms with Crippen molar-refractivity contribution in [3.05, 3.63) is 11.8 Å². The van der Waals surface area contributed by atoms with Crippen LogP contribution in [0.15, 0.2) is 11.8 Å². The van der Waals surface area contributed by atoms with Gasteiger partial charge in [0, 0.05) is 32.4 Å². The van der Waals surface area contributed by atoms with Crippen LogP contribution in [0.2, 0.25) is 0 Å². The van der Waals surface area contributed by atoms with Gasteiger partial charge in [-0.1, -0.05) is 6.92 Å². The third-order valence-electron chi connectivity index (χ3n) is 1.77. The number of likely N-dealkylation sites (N-methyl/N-ethyl adjacent to an activating group) is 1. The summed E-state index contributed by atoms with van der Waals surface area (Å²) in [6.07, 6.45) is 2.66. The van der Waals surface area contributed by atoms with E-state index in [9.17, 15) is 4.79 Å². The molecule has 0 radical (unpaired) electrons. The average molecular weight is 170 g/mol. The molecule has 1 N–H and O–H groups in total. The Morgan fingerprint density at radius 3 is 2.42 bits per heavy atom. The largest absolute Gasteiger partial charge is 0.380 e. The van der Waals surface area contributed by atoms with E-state index in [1.807, 2.05) is 32.0 Å². The van der Waals surface area contributed by atoms with Gasteiger partial charge < -0.3 is 10.2 Å². The number of nitrogens with zero attached hydrogens (tertiary/aromatic N) is 1. The number of nitrogens with one attached hydrogen (secondary N) is 1. The lowest BCUT2D eigenvalue weighted by Crippen LogP contribution is -2.22. The normalized spacial score (nSPS) is 11.2. The van der Waals surface area contributed by atoms with Crippen molar-refractivity contribution >= 4 is 5.91 Å². The van der Waals surface area contributed by atoms with Crippen molar-refractivity contribution in [2.45, 2.75) is 20.3 Å². The van der Waals surface area contributed by atoms with E-state index in [1.54, 1.807) is 7.05 Å². The van der Waals surface area contributed by atoms with E-state index in [0.717, 1.165) is 18.5 Å². The van der Waals surface area contributed by atoms with Gasteiger partial charge in [0.25, 0.3) is 0 Å². The summed E-state index contributed by atoms with van der Waals surface area (Å²) in [4.78, 5) is 13.2. The smallest absolute Gasteiger partial charge is 0.248 e. The first-order chi connectivity index (χ1) is 5.65. The molecule has 0 aromatic heterocycles. The summed E-state index contributed by atoms with van der Waals surface area (Å²) in [6, 6.07) is 0. The quantitative estimate of drug-likeness (QED) is 0.638. The highest BCUT2D eigenvalue weighted by atomic mass is 16.1. The molecule has 0 heterocycles. The summed E-state index contributed by atoms with van der Waals surface area (Å²) in [7, 11) is 3.61. The van der Waals surface area contributed by atoms with Crippen LogP contribution >= 0.6 is 0 Å². The molecule has 3 heteroatoms. The summed E-state index contributed by atoms with van der Waals surface area (Å²) in [5.41, 5.74) is 0.821. The van der Waals surface area contributed by atoms with E-state index in [-0.39, 0.29) is 5.91 Å². The Kier molecular flexibility index (Phi) is 5.17. The molecule has 0 atom stereocenters. The molecule has 0 rings (SSSR count). The molecule has 0 saturated carbocycles. The molecular weight excluding hydrogens is 152 g/mol. The van der Waals surface area contributed by atoms with Crippen molar-refractivity contribution in [2.75, 3.05) is 20.6 Å². The molecule has 70 valence electrons. The molecule has 0 aliphatic rings. The summed E-state index contributed by atoms with van der Waals surface area (Å²) >= 11 is 0. The standard InChI is InChI=1S/C9H18N2O/c1-5-8(9(12)10-3)7-11(4)6-2/h7H,5-6H2,1-4H3,(H,10,12)/b8-7+. The van der Waals surface area contributed by atoms with Gasteiger partial charge in [0.05, 0.1) is 0 Å². The molecule has 0 unspecified atom stereocenters. The van der Waals surface area contributed by atoms with Crippen LogP contribution in [0.4, 0.5) is 0 Å². The summed E-state index contributed by atoms with van der Waals surface area (Å²) in [5.74, 6) is 0.0119. The molecule has 0 saturated heterocycles. The molecule has 0 aromatic rings. The summed E-state index contributed by atoms with van der Waals surface area (Å²) in [5, 5.41) is 2.61. The van der Waals surface area contributed by atoms with Crippen LogP contribution in [0, 0.1) is 0 Å². The first kappa shape index (κ1) is 11.0. The van der Waals surface area contributed by atoms with Crippen molar-refractivity contribution in [1.29, 1.82) is 0 Å². The third-order valence-corrected chi connectivity index (χ3v) is 1.77. The Morgan fingerprint density at radius 1 is 1.50 bits per heavy atom. The molecule has 0 bridgehead atoms. The van der Waals surface area contributed by atoms with Gasteiger partial charge in [0.2, 0.25) is 5.91 Å². The van der Waals surface area contributed by atoms with Gasteiger partial charge in [-0.3, -0.25) is 4.79 Å². The molecular formula is C9H18N2O. The number of amides is 1. The van der Waals surface area contributed by atoms with Gasteiger partial charge in [-0.15, -0.1) is 0 Å². The monoisotopic (exact) mass is 170 g/mol. The highest BCUT2D eigenvalue weighted by molar-refractivity contribution is 5.92. The van der Waals surface area contributed by atoms with Gasteiger partial charge in [0.15, 0.2) is 0 Å². The molecule has 0 aliphatic heterocycles. The molecule has 0 spiro atoms. The van der Waals surface area contributed by atoms with Gasteiger partial charge in [-0.2, -0.15) is 0 Å². The average Bonchev–Trinajstić information content (AvgIpc) is 2.12.